The molecule has 1 aliphatic carbocycles. The largest absolute Gasteiger partial charge is 0.504 e. The predicted octanol–water partition coefficient (Wildman–Crippen LogP) is 4.31. The number of carbonyl (C=O) groups is 1. The number of amides is 1. The SMILES string of the molecule is CCOc1cc([C@H]2[C@H]3CCCC[C@]3(O)CCN2C(=O)c2ccccc2OC)ccc1O. The van der Waals surface area contributed by atoms with E-state index in [-0.39, 0.29) is 23.6 Å². The molecule has 2 aromatic carbocycles. The minimum atomic E-state index is -0.788. The fraction of sp³-hybridized carbons (Fsp3) is 0.480. The van der Waals surface area contributed by atoms with E-state index in [4.69, 9.17) is 9.47 Å². The van der Waals surface area contributed by atoms with Gasteiger partial charge in [0.05, 0.1) is 30.9 Å². The number of aliphatic hydroxyl groups is 1. The van der Waals surface area contributed by atoms with Crippen molar-refractivity contribution in [3.05, 3.63) is 53.6 Å². The number of piperidine rings is 1. The summed E-state index contributed by atoms with van der Waals surface area (Å²) in [6.07, 6.45) is 4.19. The summed E-state index contributed by atoms with van der Waals surface area (Å²) in [7, 11) is 1.56. The highest BCUT2D eigenvalue weighted by Gasteiger charge is 2.50. The summed E-state index contributed by atoms with van der Waals surface area (Å²) in [5.74, 6) is 0.822. The molecule has 6 heteroatoms. The fourth-order valence-corrected chi connectivity index (χ4v) is 5.28. The van der Waals surface area contributed by atoms with Crippen molar-refractivity contribution in [3.63, 3.8) is 0 Å². The van der Waals surface area contributed by atoms with Gasteiger partial charge in [0, 0.05) is 12.5 Å². The minimum absolute atomic E-state index is 0.0721. The van der Waals surface area contributed by atoms with Crippen LogP contribution in [0.4, 0.5) is 0 Å². The molecule has 0 spiro atoms. The zero-order chi connectivity index (χ0) is 22.0. The lowest BCUT2D eigenvalue weighted by Crippen LogP contribution is -2.56. The van der Waals surface area contributed by atoms with Gasteiger partial charge >= 0.3 is 0 Å². The van der Waals surface area contributed by atoms with Crippen LogP contribution in [-0.2, 0) is 0 Å². The van der Waals surface area contributed by atoms with Crippen LogP contribution in [-0.4, -0.2) is 46.9 Å². The fourth-order valence-electron chi connectivity index (χ4n) is 5.28. The molecule has 1 amide bonds. The third-order valence-electron chi connectivity index (χ3n) is 6.79. The minimum Gasteiger partial charge on any atom is -0.504 e. The van der Waals surface area contributed by atoms with Crippen molar-refractivity contribution in [3.8, 4) is 17.2 Å². The van der Waals surface area contributed by atoms with Gasteiger partial charge in [0.2, 0.25) is 0 Å². The number of rotatable bonds is 5. The Balaban J connectivity index is 1.79. The number of nitrogens with zero attached hydrogens (tertiary/aromatic N) is 1. The monoisotopic (exact) mass is 425 g/mol. The molecule has 2 N–H and O–H groups in total. The Hall–Kier alpha value is -2.73. The van der Waals surface area contributed by atoms with Crippen LogP contribution in [0.5, 0.6) is 17.2 Å². The van der Waals surface area contributed by atoms with E-state index >= 15 is 0 Å². The second-order valence-electron chi connectivity index (χ2n) is 8.51. The van der Waals surface area contributed by atoms with Crippen LogP contribution in [0.1, 0.15) is 61.0 Å². The lowest BCUT2D eigenvalue weighted by atomic mass is 9.66. The number of phenols is 1. The summed E-state index contributed by atoms with van der Waals surface area (Å²) in [6, 6.07) is 12.2. The van der Waals surface area contributed by atoms with Crippen molar-refractivity contribution in [1.29, 1.82) is 0 Å². The van der Waals surface area contributed by atoms with Crippen molar-refractivity contribution in [2.45, 2.75) is 50.7 Å². The molecule has 0 aromatic heterocycles. The molecule has 0 radical (unpaired) electrons. The lowest BCUT2D eigenvalue weighted by Gasteiger charge is -2.52. The van der Waals surface area contributed by atoms with Gasteiger partial charge < -0.3 is 24.6 Å². The lowest BCUT2D eigenvalue weighted by molar-refractivity contribution is -0.115. The Kier molecular flexibility index (Phi) is 6.10. The van der Waals surface area contributed by atoms with E-state index in [2.05, 4.69) is 0 Å². The molecular formula is C25H31NO5. The summed E-state index contributed by atoms with van der Waals surface area (Å²) < 4.78 is 11.1. The molecule has 1 saturated carbocycles. The maximum Gasteiger partial charge on any atom is 0.258 e. The van der Waals surface area contributed by atoms with E-state index in [9.17, 15) is 15.0 Å². The van der Waals surface area contributed by atoms with Gasteiger partial charge in [0.1, 0.15) is 5.75 Å². The van der Waals surface area contributed by atoms with Crippen molar-refractivity contribution < 1.29 is 24.5 Å². The third-order valence-corrected chi connectivity index (χ3v) is 6.79. The number of ether oxygens (including phenoxy) is 2. The molecular weight excluding hydrogens is 394 g/mol. The second kappa shape index (κ2) is 8.79. The number of likely N-dealkylation sites (tertiary alicyclic amines) is 1. The Morgan fingerprint density at radius 1 is 1.16 bits per heavy atom. The molecule has 1 heterocycles. The number of benzene rings is 2. The van der Waals surface area contributed by atoms with E-state index in [0.29, 0.717) is 36.6 Å². The van der Waals surface area contributed by atoms with Gasteiger partial charge in [-0.1, -0.05) is 31.0 Å². The van der Waals surface area contributed by atoms with E-state index in [0.717, 1.165) is 31.2 Å². The number of fused-ring (bicyclic) bond motifs is 1. The van der Waals surface area contributed by atoms with Gasteiger partial charge in [-0.15, -0.1) is 0 Å². The molecule has 0 bridgehead atoms. The van der Waals surface area contributed by atoms with Crippen molar-refractivity contribution in [2.24, 2.45) is 5.92 Å². The molecule has 1 aliphatic heterocycles. The Morgan fingerprint density at radius 2 is 1.97 bits per heavy atom. The molecule has 31 heavy (non-hydrogen) atoms. The zero-order valence-corrected chi connectivity index (χ0v) is 18.2. The highest BCUT2D eigenvalue weighted by molar-refractivity contribution is 5.97. The number of carbonyl (C=O) groups excluding carboxylic acids is 1. The van der Waals surface area contributed by atoms with Crippen LogP contribution in [0.2, 0.25) is 0 Å². The topological polar surface area (TPSA) is 79.2 Å². The first-order valence-electron chi connectivity index (χ1n) is 11.1. The molecule has 0 unspecified atom stereocenters. The molecule has 2 aromatic rings. The van der Waals surface area contributed by atoms with E-state index in [1.807, 2.05) is 36.1 Å². The van der Waals surface area contributed by atoms with Crippen molar-refractivity contribution >= 4 is 5.91 Å². The highest BCUT2D eigenvalue weighted by Crippen LogP contribution is 2.50. The first kappa shape index (κ1) is 21.5. The first-order chi connectivity index (χ1) is 15.0. The third kappa shape index (κ3) is 3.97. The summed E-state index contributed by atoms with van der Waals surface area (Å²) >= 11 is 0. The van der Waals surface area contributed by atoms with Crippen molar-refractivity contribution in [2.75, 3.05) is 20.3 Å². The molecule has 3 atom stereocenters. The maximum atomic E-state index is 13.7. The molecule has 1 saturated heterocycles. The summed E-state index contributed by atoms with van der Waals surface area (Å²) in [5.41, 5.74) is 0.596. The van der Waals surface area contributed by atoms with E-state index < -0.39 is 5.60 Å². The average molecular weight is 426 g/mol. The van der Waals surface area contributed by atoms with Crippen molar-refractivity contribution in [1.82, 2.24) is 4.90 Å². The molecule has 4 rings (SSSR count). The Morgan fingerprint density at radius 3 is 2.74 bits per heavy atom. The zero-order valence-electron chi connectivity index (χ0n) is 18.2. The highest BCUT2D eigenvalue weighted by atomic mass is 16.5. The summed E-state index contributed by atoms with van der Waals surface area (Å²) in [4.78, 5) is 15.6. The first-order valence-corrected chi connectivity index (χ1v) is 11.1. The standard InChI is InChI=1S/C25H31NO5/c1-3-31-22-16-17(11-12-20(22)27)23-19-9-6-7-13-25(19,29)14-15-26(23)24(28)18-8-4-5-10-21(18)30-2/h4-5,8,10-12,16,19,23,27,29H,3,6-7,9,13-15H2,1-2H3/t19-,23+,25+/m1/s1. The second-order valence-corrected chi connectivity index (χ2v) is 8.51. The van der Waals surface area contributed by atoms with Gasteiger partial charge in [-0.3, -0.25) is 4.79 Å². The molecule has 2 fully saturated rings. The van der Waals surface area contributed by atoms with Gasteiger partial charge in [-0.2, -0.15) is 0 Å². The summed E-state index contributed by atoms with van der Waals surface area (Å²) in [5, 5.41) is 21.7. The Labute approximate surface area is 183 Å². The maximum absolute atomic E-state index is 13.7. The van der Waals surface area contributed by atoms with Crippen LogP contribution in [0.15, 0.2) is 42.5 Å². The van der Waals surface area contributed by atoms with Crippen LogP contribution >= 0.6 is 0 Å². The van der Waals surface area contributed by atoms with Gasteiger partial charge in [-0.05, 0) is 56.0 Å². The average Bonchev–Trinajstić information content (AvgIpc) is 2.79. The van der Waals surface area contributed by atoms with E-state index in [1.165, 1.54) is 0 Å². The normalized spacial score (nSPS) is 25.6. The van der Waals surface area contributed by atoms with E-state index in [1.54, 1.807) is 25.3 Å². The number of phenolic OH excluding ortho intramolecular Hbond substituents is 1. The van der Waals surface area contributed by atoms with Gasteiger partial charge in [0.15, 0.2) is 11.5 Å². The number of para-hydroxylation sites is 1. The quantitative estimate of drug-likeness (QED) is 0.746. The number of aromatic hydroxyl groups is 1. The molecule has 6 nitrogen and oxygen atoms in total. The van der Waals surface area contributed by atoms with Crippen LogP contribution < -0.4 is 9.47 Å². The Bertz CT molecular complexity index is 945. The van der Waals surface area contributed by atoms with Gasteiger partial charge in [0.25, 0.3) is 5.91 Å². The number of hydrogen-bond acceptors (Lipinski definition) is 5. The van der Waals surface area contributed by atoms with Crippen LogP contribution in [0.3, 0.4) is 0 Å². The predicted molar refractivity (Wildman–Crippen MR) is 118 cm³/mol. The summed E-state index contributed by atoms with van der Waals surface area (Å²) in [6.45, 7) is 2.75. The van der Waals surface area contributed by atoms with Crippen LogP contribution in [0.25, 0.3) is 0 Å². The molecule has 2 aliphatic rings. The number of hydrogen-bond donors (Lipinski definition) is 2. The van der Waals surface area contributed by atoms with Crippen LogP contribution in [0, 0.1) is 5.92 Å². The number of methoxy groups -OCH3 is 1. The van der Waals surface area contributed by atoms with Gasteiger partial charge in [-0.25, -0.2) is 0 Å². The smallest absolute Gasteiger partial charge is 0.258 e. The molecule has 166 valence electrons.